The second-order valence-corrected chi connectivity index (χ2v) is 4.99. The van der Waals surface area contributed by atoms with E-state index in [0.29, 0.717) is 6.54 Å². The van der Waals surface area contributed by atoms with Gasteiger partial charge in [-0.1, -0.05) is 6.92 Å². The van der Waals surface area contributed by atoms with Gasteiger partial charge in [0.25, 0.3) is 0 Å². The second-order valence-electron chi connectivity index (χ2n) is 2.73. The molecule has 0 atom stereocenters. The molecule has 0 saturated heterocycles. The van der Waals surface area contributed by atoms with Gasteiger partial charge in [0.05, 0.1) is 5.75 Å². The van der Waals surface area contributed by atoms with Crippen molar-refractivity contribution in [2.24, 2.45) is 0 Å². The summed E-state index contributed by atoms with van der Waals surface area (Å²) in [5.41, 5.74) is 0. The van der Waals surface area contributed by atoms with Gasteiger partial charge in [-0.2, -0.15) is 0 Å². The normalized spacial score (nSPS) is 11.8. The standard InChI is InChI=1S/C7H18N2O2S/c1-3-8-4-5-9-6-7-12(2,10)11/h8-9H,3-7H2,1-2H3. The smallest absolute Gasteiger partial charge is 0.148 e. The van der Waals surface area contributed by atoms with E-state index in [1.54, 1.807) is 0 Å². The van der Waals surface area contributed by atoms with Crippen LogP contribution < -0.4 is 10.6 Å². The van der Waals surface area contributed by atoms with Crippen LogP contribution in [0.4, 0.5) is 0 Å². The summed E-state index contributed by atoms with van der Waals surface area (Å²) in [6.07, 6.45) is 1.25. The molecule has 0 aliphatic rings. The lowest BCUT2D eigenvalue weighted by Gasteiger charge is -2.03. The van der Waals surface area contributed by atoms with E-state index in [1.165, 1.54) is 6.26 Å². The van der Waals surface area contributed by atoms with Crippen molar-refractivity contribution < 1.29 is 8.42 Å². The highest BCUT2D eigenvalue weighted by Gasteiger charge is 1.99. The van der Waals surface area contributed by atoms with Gasteiger partial charge in [-0.05, 0) is 6.54 Å². The first kappa shape index (κ1) is 11.9. The second kappa shape index (κ2) is 6.39. The van der Waals surface area contributed by atoms with Crippen molar-refractivity contribution in [3.63, 3.8) is 0 Å². The maximum atomic E-state index is 10.7. The topological polar surface area (TPSA) is 58.2 Å². The molecular weight excluding hydrogens is 176 g/mol. The fourth-order valence-corrected chi connectivity index (χ4v) is 1.25. The quantitative estimate of drug-likeness (QED) is 0.523. The van der Waals surface area contributed by atoms with Gasteiger partial charge in [0, 0.05) is 25.9 Å². The zero-order chi connectivity index (χ0) is 9.45. The summed E-state index contributed by atoms with van der Waals surface area (Å²) in [6.45, 7) is 5.25. The molecule has 0 rings (SSSR count). The van der Waals surface area contributed by atoms with E-state index < -0.39 is 9.84 Å². The van der Waals surface area contributed by atoms with Crippen molar-refractivity contribution >= 4 is 9.84 Å². The monoisotopic (exact) mass is 194 g/mol. The van der Waals surface area contributed by atoms with Crippen LogP contribution in [-0.2, 0) is 9.84 Å². The third-order valence-electron chi connectivity index (χ3n) is 1.38. The molecule has 0 aliphatic carbocycles. The van der Waals surface area contributed by atoms with E-state index in [1.807, 2.05) is 6.92 Å². The van der Waals surface area contributed by atoms with Crippen LogP contribution in [0.25, 0.3) is 0 Å². The van der Waals surface area contributed by atoms with Gasteiger partial charge in [-0.15, -0.1) is 0 Å². The Labute approximate surface area is 74.7 Å². The molecule has 0 heterocycles. The Hall–Kier alpha value is -0.130. The SMILES string of the molecule is CCNCCNCCS(C)(=O)=O. The molecule has 0 fully saturated rings. The molecule has 0 radical (unpaired) electrons. The summed E-state index contributed by atoms with van der Waals surface area (Å²) in [7, 11) is -2.80. The van der Waals surface area contributed by atoms with Crippen LogP contribution in [0.15, 0.2) is 0 Å². The van der Waals surface area contributed by atoms with Crippen molar-refractivity contribution in [2.45, 2.75) is 6.92 Å². The average molecular weight is 194 g/mol. The van der Waals surface area contributed by atoms with E-state index in [0.717, 1.165) is 19.6 Å². The van der Waals surface area contributed by atoms with Crippen molar-refractivity contribution in [2.75, 3.05) is 38.2 Å². The van der Waals surface area contributed by atoms with Gasteiger partial charge in [0.2, 0.25) is 0 Å². The fraction of sp³-hybridized carbons (Fsp3) is 1.00. The van der Waals surface area contributed by atoms with E-state index in [-0.39, 0.29) is 5.75 Å². The van der Waals surface area contributed by atoms with Crippen LogP contribution >= 0.6 is 0 Å². The maximum absolute atomic E-state index is 10.7. The molecule has 0 amide bonds. The summed E-state index contributed by atoms with van der Waals surface area (Å²) >= 11 is 0. The molecule has 0 spiro atoms. The van der Waals surface area contributed by atoms with E-state index in [4.69, 9.17) is 0 Å². The molecule has 0 aromatic heterocycles. The highest BCUT2D eigenvalue weighted by atomic mass is 32.2. The minimum atomic E-state index is -2.80. The number of sulfone groups is 1. The Bertz CT molecular complexity index is 190. The largest absolute Gasteiger partial charge is 0.316 e. The highest BCUT2D eigenvalue weighted by Crippen LogP contribution is 1.78. The molecule has 0 aromatic rings. The lowest BCUT2D eigenvalue weighted by atomic mass is 10.5. The van der Waals surface area contributed by atoms with Crippen LogP contribution in [0.2, 0.25) is 0 Å². The number of likely N-dealkylation sites (N-methyl/N-ethyl adjacent to an activating group) is 1. The molecule has 0 unspecified atom stereocenters. The predicted molar refractivity (Wildman–Crippen MR) is 51.1 cm³/mol. The van der Waals surface area contributed by atoms with Crippen LogP contribution in [0.1, 0.15) is 6.92 Å². The van der Waals surface area contributed by atoms with Gasteiger partial charge in [0.15, 0.2) is 0 Å². The Morgan fingerprint density at radius 2 is 1.67 bits per heavy atom. The van der Waals surface area contributed by atoms with Gasteiger partial charge < -0.3 is 10.6 Å². The summed E-state index contributed by atoms with van der Waals surface area (Å²) in [5, 5.41) is 6.17. The molecule has 12 heavy (non-hydrogen) atoms. The predicted octanol–water partition coefficient (Wildman–Crippen LogP) is -0.770. The summed E-state index contributed by atoms with van der Waals surface area (Å²) < 4.78 is 21.3. The van der Waals surface area contributed by atoms with Gasteiger partial charge >= 0.3 is 0 Å². The Morgan fingerprint density at radius 3 is 2.17 bits per heavy atom. The van der Waals surface area contributed by atoms with Crippen LogP contribution in [0.3, 0.4) is 0 Å². The number of hydrogen-bond donors (Lipinski definition) is 2. The lowest BCUT2D eigenvalue weighted by Crippen LogP contribution is -2.30. The van der Waals surface area contributed by atoms with Gasteiger partial charge in [-0.3, -0.25) is 0 Å². The first-order valence-corrected chi connectivity index (χ1v) is 6.21. The molecular formula is C7H18N2O2S. The zero-order valence-electron chi connectivity index (χ0n) is 7.76. The van der Waals surface area contributed by atoms with E-state index >= 15 is 0 Å². The molecule has 0 bridgehead atoms. The summed E-state index contributed by atoms with van der Waals surface area (Å²) in [5.74, 6) is 0.221. The Morgan fingerprint density at radius 1 is 1.08 bits per heavy atom. The van der Waals surface area contributed by atoms with Crippen LogP contribution in [-0.4, -0.2) is 46.6 Å². The molecule has 0 aliphatic heterocycles. The average Bonchev–Trinajstić information content (AvgIpc) is 1.94. The third kappa shape index (κ3) is 9.87. The van der Waals surface area contributed by atoms with Gasteiger partial charge in [-0.25, -0.2) is 8.42 Å². The molecule has 74 valence electrons. The Balaban J connectivity index is 3.12. The molecule has 4 nitrogen and oxygen atoms in total. The minimum absolute atomic E-state index is 0.221. The summed E-state index contributed by atoms with van der Waals surface area (Å²) in [6, 6.07) is 0. The maximum Gasteiger partial charge on any atom is 0.148 e. The van der Waals surface area contributed by atoms with Crippen LogP contribution in [0.5, 0.6) is 0 Å². The highest BCUT2D eigenvalue weighted by molar-refractivity contribution is 7.90. The minimum Gasteiger partial charge on any atom is -0.316 e. The molecule has 0 saturated carbocycles. The van der Waals surface area contributed by atoms with Crippen molar-refractivity contribution in [3.8, 4) is 0 Å². The third-order valence-corrected chi connectivity index (χ3v) is 2.32. The number of hydrogen-bond acceptors (Lipinski definition) is 4. The van der Waals surface area contributed by atoms with Crippen molar-refractivity contribution in [1.29, 1.82) is 0 Å². The first-order valence-electron chi connectivity index (χ1n) is 4.15. The Kier molecular flexibility index (Phi) is 6.32. The van der Waals surface area contributed by atoms with Crippen molar-refractivity contribution in [1.82, 2.24) is 10.6 Å². The van der Waals surface area contributed by atoms with Crippen LogP contribution in [0, 0.1) is 0 Å². The molecule has 5 heteroatoms. The number of rotatable bonds is 7. The lowest BCUT2D eigenvalue weighted by molar-refractivity contribution is 0.593. The number of nitrogens with one attached hydrogen (secondary N) is 2. The summed E-state index contributed by atoms with van der Waals surface area (Å²) in [4.78, 5) is 0. The van der Waals surface area contributed by atoms with E-state index in [2.05, 4.69) is 10.6 Å². The van der Waals surface area contributed by atoms with E-state index in [9.17, 15) is 8.42 Å². The molecule has 2 N–H and O–H groups in total. The zero-order valence-corrected chi connectivity index (χ0v) is 8.58. The fourth-order valence-electron chi connectivity index (χ4n) is 0.736. The first-order chi connectivity index (χ1) is 5.56. The molecule has 0 aromatic carbocycles. The van der Waals surface area contributed by atoms with Gasteiger partial charge in [0.1, 0.15) is 9.84 Å². The van der Waals surface area contributed by atoms with Crippen molar-refractivity contribution in [3.05, 3.63) is 0 Å².